The van der Waals surface area contributed by atoms with Crippen molar-refractivity contribution < 1.29 is 4.79 Å². The number of nitrogens with zero attached hydrogens (tertiary/aromatic N) is 4. The Balaban J connectivity index is 1.65. The molecular formula is C18H20N6O. The molecule has 2 aromatic carbocycles. The minimum Gasteiger partial charge on any atom is -0.355 e. The second-order valence-corrected chi connectivity index (χ2v) is 5.71. The first kappa shape index (κ1) is 16.6. The molecule has 0 saturated carbocycles. The fourth-order valence-corrected chi connectivity index (χ4v) is 2.49. The Morgan fingerprint density at radius 2 is 1.96 bits per heavy atom. The van der Waals surface area contributed by atoms with Gasteiger partial charge in [0.05, 0.1) is 5.69 Å². The Kier molecular flexibility index (Phi) is 5.03. The van der Waals surface area contributed by atoms with Crippen molar-refractivity contribution >= 4 is 11.9 Å². The van der Waals surface area contributed by atoms with Crippen molar-refractivity contribution in [1.82, 2.24) is 25.5 Å². The molecule has 0 saturated heterocycles. The lowest BCUT2D eigenvalue weighted by molar-refractivity contribution is 0.0963. The maximum Gasteiger partial charge on any atom is 0.251 e. The average Bonchev–Trinajstić information content (AvgIpc) is 3.10. The molecule has 1 amide bonds. The van der Waals surface area contributed by atoms with Crippen LogP contribution in [0.4, 0.5) is 5.95 Å². The van der Waals surface area contributed by atoms with Crippen LogP contribution in [0.15, 0.2) is 48.5 Å². The topological polar surface area (TPSA) is 84.7 Å². The second-order valence-electron chi connectivity index (χ2n) is 5.71. The van der Waals surface area contributed by atoms with Gasteiger partial charge in [-0.25, -0.2) is 0 Å². The summed E-state index contributed by atoms with van der Waals surface area (Å²) in [5, 5.41) is 17.7. The van der Waals surface area contributed by atoms with Gasteiger partial charge in [0.15, 0.2) is 0 Å². The number of benzene rings is 2. The maximum atomic E-state index is 11.7. The SMILES string of the molecule is CNC(=O)c1cccc(CCNc2nnnn2-c2ccc(C)cc2)c1. The van der Waals surface area contributed by atoms with Gasteiger partial charge in [0.25, 0.3) is 5.91 Å². The molecule has 128 valence electrons. The summed E-state index contributed by atoms with van der Waals surface area (Å²) < 4.78 is 1.67. The van der Waals surface area contributed by atoms with Crippen LogP contribution in [0.1, 0.15) is 21.5 Å². The molecule has 3 aromatic rings. The highest BCUT2D eigenvalue weighted by molar-refractivity contribution is 5.94. The Labute approximate surface area is 146 Å². The van der Waals surface area contributed by atoms with Crippen LogP contribution in [0.2, 0.25) is 0 Å². The predicted octanol–water partition coefficient (Wildman–Crippen LogP) is 1.98. The zero-order chi connectivity index (χ0) is 17.6. The Hall–Kier alpha value is -3.22. The Morgan fingerprint density at radius 3 is 2.72 bits per heavy atom. The van der Waals surface area contributed by atoms with Gasteiger partial charge in [-0.3, -0.25) is 4.79 Å². The number of anilines is 1. The highest BCUT2D eigenvalue weighted by Crippen LogP contribution is 2.12. The van der Waals surface area contributed by atoms with E-state index in [9.17, 15) is 4.79 Å². The first-order valence-electron chi connectivity index (χ1n) is 8.07. The van der Waals surface area contributed by atoms with E-state index in [-0.39, 0.29) is 5.91 Å². The smallest absolute Gasteiger partial charge is 0.251 e. The van der Waals surface area contributed by atoms with E-state index in [4.69, 9.17) is 0 Å². The average molecular weight is 336 g/mol. The quantitative estimate of drug-likeness (QED) is 0.719. The summed E-state index contributed by atoms with van der Waals surface area (Å²) in [5.41, 5.74) is 3.81. The second kappa shape index (κ2) is 7.57. The van der Waals surface area contributed by atoms with E-state index in [0.29, 0.717) is 18.1 Å². The normalized spacial score (nSPS) is 10.5. The van der Waals surface area contributed by atoms with Gasteiger partial charge < -0.3 is 10.6 Å². The molecule has 0 fully saturated rings. The van der Waals surface area contributed by atoms with Crippen molar-refractivity contribution in [2.75, 3.05) is 18.9 Å². The number of carbonyl (C=O) groups excluding carboxylic acids is 1. The van der Waals surface area contributed by atoms with Gasteiger partial charge >= 0.3 is 0 Å². The summed E-state index contributed by atoms with van der Waals surface area (Å²) >= 11 is 0. The largest absolute Gasteiger partial charge is 0.355 e. The molecule has 0 radical (unpaired) electrons. The van der Waals surface area contributed by atoms with Crippen molar-refractivity contribution in [3.05, 3.63) is 65.2 Å². The van der Waals surface area contributed by atoms with E-state index in [0.717, 1.165) is 17.7 Å². The number of nitrogens with one attached hydrogen (secondary N) is 2. The van der Waals surface area contributed by atoms with E-state index >= 15 is 0 Å². The van der Waals surface area contributed by atoms with Crippen molar-refractivity contribution in [1.29, 1.82) is 0 Å². The zero-order valence-corrected chi connectivity index (χ0v) is 14.2. The van der Waals surface area contributed by atoms with Crippen molar-refractivity contribution in [2.24, 2.45) is 0 Å². The predicted molar refractivity (Wildman–Crippen MR) is 95.9 cm³/mol. The van der Waals surface area contributed by atoms with E-state index in [1.165, 1.54) is 5.56 Å². The summed E-state index contributed by atoms with van der Waals surface area (Å²) in [6.07, 6.45) is 0.756. The van der Waals surface area contributed by atoms with Crippen LogP contribution >= 0.6 is 0 Å². The van der Waals surface area contributed by atoms with Crippen molar-refractivity contribution in [3.8, 4) is 5.69 Å². The van der Waals surface area contributed by atoms with Crippen LogP contribution in [0.25, 0.3) is 5.69 Å². The Bertz CT molecular complexity index is 856. The van der Waals surface area contributed by atoms with Gasteiger partial charge in [-0.2, -0.15) is 4.68 Å². The molecule has 1 aromatic heterocycles. The third kappa shape index (κ3) is 4.00. The lowest BCUT2D eigenvalue weighted by Crippen LogP contribution is -2.18. The molecule has 0 bridgehead atoms. The number of hydrogen-bond donors (Lipinski definition) is 2. The maximum absolute atomic E-state index is 11.7. The third-order valence-electron chi connectivity index (χ3n) is 3.86. The number of aromatic nitrogens is 4. The molecule has 25 heavy (non-hydrogen) atoms. The fraction of sp³-hybridized carbons (Fsp3) is 0.222. The molecule has 0 unspecified atom stereocenters. The van der Waals surface area contributed by atoms with E-state index in [1.54, 1.807) is 17.8 Å². The Morgan fingerprint density at radius 1 is 1.16 bits per heavy atom. The lowest BCUT2D eigenvalue weighted by atomic mass is 10.1. The van der Waals surface area contributed by atoms with E-state index in [1.807, 2.05) is 49.4 Å². The van der Waals surface area contributed by atoms with Gasteiger partial charge in [-0.15, -0.1) is 0 Å². The zero-order valence-electron chi connectivity index (χ0n) is 14.2. The molecule has 3 rings (SSSR count). The van der Waals surface area contributed by atoms with E-state index in [2.05, 4.69) is 26.2 Å². The van der Waals surface area contributed by atoms with Crippen molar-refractivity contribution in [3.63, 3.8) is 0 Å². The summed E-state index contributed by atoms with van der Waals surface area (Å²) in [7, 11) is 1.63. The molecular weight excluding hydrogens is 316 g/mol. The molecule has 0 aliphatic carbocycles. The monoisotopic (exact) mass is 336 g/mol. The van der Waals surface area contributed by atoms with Crippen LogP contribution in [-0.4, -0.2) is 39.7 Å². The molecule has 1 heterocycles. The highest BCUT2D eigenvalue weighted by Gasteiger charge is 2.08. The minimum atomic E-state index is -0.0851. The van der Waals surface area contributed by atoms with Gasteiger partial charge in [0, 0.05) is 19.2 Å². The number of tetrazole rings is 1. The molecule has 0 aliphatic heterocycles. The molecule has 0 aliphatic rings. The van der Waals surface area contributed by atoms with Crippen LogP contribution in [-0.2, 0) is 6.42 Å². The molecule has 7 heteroatoms. The van der Waals surface area contributed by atoms with Crippen LogP contribution in [0.5, 0.6) is 0 Å². The van der Waals surface area contributed by atoms with E-state index < -0.39 is 0 Å². The van der Waals surface area contributed by atoms with Crippen LogP contribution in [0.3, 0.4) is 0 Å². The standard InChI is InChI=1S/C18H20N6O/c1-13-6-8-16(9-7-13)24-18(21-22-23-24)20-11-10-14-4-3-5-15(12-14)17(25)19-2/h3-9,12H,10-11H2,1-2H3,(H,19,25)(H,20,21,23). The number of carbonyl (C=O) groups is 1. The van der Waals surface area contributed by atoms with Gasteiger partial charge in [0.1, 0.15) is 0 Å². The van der Waals surface area contributed by atoms with Crippen molar-refractivity contribution in [2.45, 2.75) is 13.3 Å². The van der Waals surface area contributed by atoms with Gasteiger partial charge in [0.2, 0.25) is 5.95 Å². The van der Waals surface area contributed by atoms with Gasteiger partial charge in [-0.05, 0) is 53.6 Å². The van der Waals surface area contributed by atoms with Crippen LogP contribution < -0.4 is 10.6 Å². The summed E-state index contributed by atoms with van der Waals surface area (Å²) in [6, 6.07) is 15.6. The lowest BCUT2D eigenvalue weighted by Gasteiger charge is -2.08. The number of aryl methyl sites for hydroxylation is 1. The first-order valence-corrected chi connectivity index (χ1v) is 8.07. The minimum absolute atomic E-state index is 0.0851. The number of rotatable bonds is 6. The number of hydrogen-bond acceptors (Lipinski definition) is 5. The highest BCUT2D eigenvalue weighted by atomic mass is 16.1. The molecule has 2 N–H and O–H groups in total. The first-order chi connectivity index (χ1) is 12.2. The summed E-state index contributed by atoms with van der Waals surface area (Å²) in [6.45, 7) is 2.69. The molecule has 0 atom stereocenters. The third-order valence-corrected chi connectivity index (χ3v) is 3.86. The number of amides is 1. The molecule has 7 nitrogen and oxygen atoms in total. The fourth-order valence-electron chi connectivity index (χ4n) is 2.49. The summed E-state index contributed by atoms with van der Waals surface area (Å²) in [5.74, 6) is 0.504. The van der Waals surface area contributed by atoms with Crippen LogP contribution in [0, 0.1) is 6.92 Å². The van der Waals surface area contributed by atoms with Gasteiger partial charge in [-0.1, -0.05) is 34.9 Å². The summed E-state index contributed by atoms with van der Waals surface area (Å²) in [4.78, 5) is 11.7. The molecule has 0 spiro atoms.